The van der Waals surface area contributed by atoms with Crippen molar-refractivity contribution in [2.75, 3.05) is 0 Å². The van der Waals surface area contributed by atoms with E-state index in [1.165, 1.54) is 6.92 Å². The Morgan fingerprint density at radius 2 is 1.87 bits per heavy atom. The Bertz CT molecular complexity index is 421. The molecule has 0 amide bonds. The fourth-order valence-electron chi connectivity index (χ4n) is 1.42. The van der Waals surface area contributed by atoms with Crippen LogP contribution in [0.2, 0.25) is 0 Å². The molecule has 0 radical (unpaired) electrons. The lowest BCUT2D eigenvalue weighted by molar-refractivity contribution is -0.131. The summed E-state index contributed by atoms with van der Waals surface area (Å²) in [6.07, 6.45) is 0. The van der Waals surface area contributed by atoms with Crippen molar-refractivity contribution in [1.29, 1.82) is 0 Å². The predicted molar refractivity (Wildman–Crippen MR) is 54.2 cm³/mol. The molecule has 1 aromatic rings. The first kappa shape index (κ1) is 11.2. The summed E-state index contributed by atoms with van der Waals surface area (Å²) in [5, 5.41) is 8.96. The minimum atomic E-state index is -1.01. The van der Waals surface area contributed by atoms with Gasteiger partial charge in [0.2, 0.25) is 0 Å². The van der Waals surface area contributed by atoms with Gasteiger partial charge in [0.15, 0.2) is 0 Å². The Balaban J connectivity index is 3.28. The first-order valence-corrected chi connectivity index (χ1v) is 4.45. The number of benzene rings is 1. The molecule has 1 rings (SSSR count). The second kappa shape index (κ2) is 4.13. The van der Waals surface area contributed by atoms with Gasteiger partial charge in [-0.25, -0.2) is 4.79 Å². The van der Waals surface area contributed by atoms with E-state index in [-0.39, 0.29) is 5.56 Å². The summed E-state index contributed by atoms with van der Waals surface area (Å²) in [5.74, 6) is -1.18. The Hall–Kier alpha value is -1.84. The SMILES string of the molecule is CC(=O)Oc1ccc(C)c(C(=O)O)c1C. The lowest BCUT2D eigenvalue weighted by Crippen LogP contribution is -2.08. The van der Waals surface area contributed by atoms with Crippen molar-refractivity contribution in [3.63, 3.8) is 0 Å². The predicted octanol–water partition coefficient (Wildman–Crippen LogP) is 1.93. The molecule has 0 aliphatic rings. The molecule has 0 saturated carbocycles. The van der Waals surface area contributed by atoms with Crippen LogP contribution in [-0.2, 0) is 4.79 Å². The van der Waals surface area contributed by atoms with E-state index >= 15 is 0 Å². The molecule has 15 heavy (non-hydrogen) atoms. The maximum atomic E-state index is 10.9. The largest absolute Gasteiger partial charge is 0.478 e. The van der Waals surface area contributed by atoms with Crippen molar-refractivity contribution >= 4 is 11.9 Å². The molecular formula is C11H12O4. The van der Waals surface area contributed by atoms with Crippen molar-refractivity contribution in [2.24, 2.45) is 0 Å². The molecule has 0 aromatic heterocycles. The average molecular weight is 208 g/mol. The number of carboxylic acid groups (broad SMARTS) is 1. The first-order chi connectivity index (χ1) is 6.93. The maximum absolute atomic E-state index is 10.9. The van der Waals surface area contributed by atoms with Crippen LogP contribution in [0.1, 0.15) is 28.4 Å². The second-order valence-electron chi connectivity index (χ2n) is 3.28. The Morgan fingerprint density at radius 3 is 2.33 bits per heavy atom. The van der Waals surface area contributed by atoms with Crippen LogP contribution in [-0.4, -0.2) is 17.0 Å². The first-order valence-electron chi connectivity index (χ1n) is 4.45. The van der Waals surface area contributed by atoms with Crippen LogP contribution in [0.15, 0.2) is 12.1 Å². The normalized spacial score (nSPS) is 9.80. The van der Waals surface area contributed by atoms with E-state index in [9.17, 15) is 9.59 Å². The van der Waals surface area contributed by atoms with Gasteiger partial charge >= 0.3 is 11.9 Å². The van der Waals surface area contributed by atoms with Crippen molar-refractivity contribution < 1.29 is 19.4 Å². The number of carboxylic acids is 1. The van der Waals surface area contributed by atoms with Crippen LogP contribution in [0.4, 0.5) is 0 Å². The van der Waals surface area contributed by atoms with E-state index < -0.39 is 11.9 Å². The van der Waals surface area contributed by atoms with Gasteiger partial charge < -0.3 is 9.84 Å². The Kier molecular flexibility index (Phi) is 3.09. The van der Waals surface area contributed by atoms with E-state index in [1.54, 1.807) is 26.0 Å². The molecule has 4 nitrogen and oxygen atoms in total. The number of carbonyl (C=O) groups is 2. The van der Waals surface area contributed by atoms with Crippen LogP contribution >= 0.6 is 0 Å². The molecule has 0 heterocycles. The standard InChI is InChI=1S/C11H12O4/c1-6-4-5-9(15-8(3)12)7(2)10(6)11(13)14/h4-5H,1-3H3,(H,13,14). The van der Waals surface area contributed by atoms with Crippen molar-refractivity contribution in [3.05, 3.63) is 28.8 Å². The van der Waals surface area contributed by atoms with E-state index in [0.29, 0.717) is 16.9 Å². The molecule has 0 aliphatic carbocycles. The van der Waals surface area contributed by atoms with Gasteiger partial charge in [0, 0.05) is 12.5 Å². The summed E-state index contributed by atoms with van der Waals surface area (Å²) in [6.45, 7) is 4.60. The Morgan fingerprint density at radius 1 is 1.27 bits per heavy atom. The van der Waals surface area contributed by atoms with E-state index in [0.717, 1.165) is 0 Å². The number of hydrogen-bond acceptors (Lipinski definition) is 3. The van der Waals surface area contributed by atoms with Gasteiger partial charge in [-0.2, -0.15) is 0 Å². The molecule has 0 bridgehead atoms. The number of rotatable bonds is 2. The van der Waals surface area contributed by atoms with Crippen LogP contribution in [0.5, 0.6) is 5.75 Å². The minimum Gasteiger partial charge on any atom is -0.478 e. The van der Waals surface area contributed by atoms with Crippen molar-refractivity contribution in [2.45, 2.75) is 20.8 Å². The molecule has 0 spiro atoms. The molecule has 80 valence electrons. The molecule has 0 unspecified atom stereocenters. The highest BCUT2D eigenvalue weighted by Crippen LogP contribution is 2.24. The summed E-state index contributed by atoms with van der Waals surface area (Å²) in [4.78, 5) is 21.7. The van der Waals surface area contributed by atoms with Gasteiger partial charge in [0.05, 0.1) is 5.56 Å². The van der Waals surface area contributed by atoms with Gasteiger partial charge in [0.1, 0.15) is 5.75 Å². The summed E-state index contributed by atoms with van der Waals surface area (Å²) < 4.78 is 4.89. The fraction of sp³-hybridized carbons (Fsp3) is 0.273. The third-order valence-corrected chi connectivity index (χ3v) is 2.09. The number of aryl methyl sites for hydroxylation is 1. The maximum Gasteiger partial charge on any atom is 0.336 e. The smallest absolute Gasteiger partial charge is 0.336 e. The third-order valence-electron chi connectivity index (χ3n) is 2.09. The van der Waals surface area contributed by atoms with Gasteiger partial charge in [-0.05, 0) is 25.5 Å². The zero-order chi connectivity index (χ0) is 11.6. The van der Waals surface area contributed by atoms with Crippen molar-refractivity contribution in [1.82, 2.24) is 0 Å². The number of carbonyl (C=O) groups excluding carboxylic acids is 1. The summed E-state index contributed by atoms with van der Waals surface area (Å²) >= 11 is 0. The molecular weight excluding hydrogens is 196 g/mol. The van der Waals surface area contributed by atoms with Crippen LogP contribution in [0.3, 0.4) is 0 Å². The summed E-state index contributed by atoms with van der Waals surface area (Å²) in [6, 6.07) is 3.22. The van der Waals surface area contributed by atoms with E-state index in [1.807, 2.05) is 0 Å². The quantitative estimate of drug-likeness (QED) is 0.595. The molecule has 1 aromatic carbocycles. The highest BCUT2D eigenvalue weighted by molar-refractivity contribution is 5.92. The zero-order valence-corrected chi connectivity index (χ0v) is 8.83. The van der Waals surface area contributed by atoms with E-state index in [4.69, 9.17) is 9.84 Å². The van der Waals surface area contributed by atoms with E-state index in [2.05, 4.69) is 0 Å². The molecule has 0 saturated heterocycles. The highest BCUT2D eigenvalue weighted by atomic mass is 16.5. The number of aromatic carboxylic acids is 1. The molecule has 0 fully saturated rings. The monoisotopic (exact) mass is 208 g/mol. The lowest BCUT2D eigenvalue weighted by atomic mass is 10.0. The zero-order valence-electron chi connectivity index (χ0n) is 8.83. The number of esters is 1. The molecule has 1 N–H and O–H groups in total. The molecule has 0 aliphatic heterocycles. The van der Waals surface area contributed by atoms with Crippen LogP contribution in [0, 0.1) is 13.8 Å². The minimum absolute atomic E-state index is 0.189. The average Bonchev–Trinajstić information content (AvgIpc) is 2.09. The van der Waals surface area contributed by atoms with Gasteiger partial charge in [-0.15, -0.1) is 0 Å². The van der Waals surface area contributed by atoms with Crippen LogP contribution in [0.25, 0.3) is 0 Å². The number of ether oxygens (including phenoxy) is 1. The summed E-state index contributed by atoms with van der Waals surface area (Å²) in [7, 11) is 0. The van der Waals surface area contributed by atoms with Gasteiger partial charge in [0.25, 0.3) is 0 Å². The Labute approximate surface area is 87.5 Å². The van der Waals surface area contributed by atoms with Gasteiger partial charge in [-0.1, -0.05) is 6.07 Å². The molecule has 4 heteroatoms. The number of hydrogen-bond donors (Lipinski definition) is 1. The molecule has 0 atom stereocenters. The second-order valence-corrected chi connectivity index (χ2v) is 3.28. The van der Waals surface area contributed by atoms with Crippen LogP contribution < -0.4 is 4.74 Å². The lowest BCUT2D eigenvalue weighted by Gasteiger charge is -2.10. The van der Waals surface area contributed by atoms with Gasteiger partial charge in [-0.3, -0.25) is 4.79 Å². The van der Waals surface area contributed by atoms with Crippen molar-refractivity contribution in [3.8, 4) is 5.75 Å². The highest BCUT2D eigenvalue weighted by Gasteiger charge is 2.15. The topological polar surface area (TPSA) is 63.6 Å². The third kappa shape index (κ3) is 2.34. The summed E-state index contributed by atoms with van der Waals surface area (Å²) in [5.41, 5.74) is 1.31. The fourth-order valence-corrected chi connectivity index (χ4v) is 1.42.